The largest absolute Gasteiger partial charge is 0.338 e. The number of carbonyl (C=O) groups excluding carboxylic acids is 1. The summed E-state index contributed by atoms with van der Waals surface area (Å²) in [4.78, 5) is 15.5. The Bertz CT molecular complexity index is 1060. The van der Waals surface area contributed by atoms with Crippen molar-refractivity contribution in [2.24, 2.45) is 0 Å². The highest BCUT2D eigenvalue weighted by molar-refractivity contribution is 7.96. The maximum absolute atomic E-state index is 13.9. The lowest BCUT2D eigenvalue weighted by Gasteiger charge is -2.30. The molecule has 2 aliphatic rings. The van der Waals surface area contributed by atoms with Crippen LogP contribution in [0.1, 0.15) is 12.8 Å². The number of carbonyl (C=O) groups is 1. The van der Waals surface area contributed by atoms with E-state index in [-0.39, 0.29) is 15.5 Å². The number of amides is 1. The van der Waals surface area contributed by atoms with Crippen LogP contribution >= 0.6 is 11.6 Å². The van der Waals surface area contributed by atoms with Gasteiger partial charge < -0.3 is 9.80 Å². The van der Waals surface area contributed by atoms with Gasteiger partial charge in [-0.15, -0.1) is 0 Å². The molecule has 0 aliphatic carbocycles. The smallest absolute Gasteiger partial charge is 0.267 e. The standard InChI is InChI=1S/C19H16ClFN2O3S/c20-13-4-3-5-15(10-13)23-12-18(19(24)22-8-1-2-9-22)27(25,26)17-7-6-14(21)11-16(17)23/h3-7,10-12H,1-2,8-9H2. The topological polar surface area (TPSA) is 57.7 Å². The Kier molecular flexibility index (Phi) is 4.44. The number of benzene rings is 2. The molecule has 0 saturated carbocycles. The molecule has 140 valence electrons. The second-order valence-electron chi connectivity index (χ2n) is 6.46. The van der Waals surface area contributed by atoms with Gasteiger partial charge in [0.1, 0.15) is 5.82 Å². The van der Waals surface area contributed by atoms with Gasteiger partial charge in [0.2, 0.25) is 9.84 Å². The molecule has 0 aromatic heterocycles. The molecule has 1 amide bonds. The Balaban J connectivity index is 1.91. The molecule has 1 saturated heterocycles. The van der Waals surface area contributed by atoms with E-state index in [1.54, 1.807) is 24.3 Å². The molecule has 2 aromatic carbocycles. The van der Waals surface area contributed by atoms with Crippen LogP contribution in [0.5, 0.6) is 0 Å². The molecule has 8 heteroatoms. The number of hydrogen-bond donors (Lipinski definition) is 0. The molecule has 2 heterocycles. The molecule has 2 aromatic rings. The van der Waals surface area contributed by atoms with Crippen molar-refractivity contribution < 1.29 is 17.6 Å². The average molecular weight is 407 g/mol. The van der Waals surface area contributed by atoms with Crippen molar-refractivity contribution in [3.63, 3.8) is 0 Å². The Morgan fingerprint density at radius 3 is 2.52 bits per heavy atom. The Hall–Kier alpha value is -2.38. The molecule has 2 aliphatic heterocycles. The molecular weight excluding hydrogens is 391 g/mol. The summed E-state index contributed by atoms with van der Waals surface area (Å²) in [7, 11) is -4.06. The first kappa shape index (κ1) is 18.0. The normalized spacial score (nSPS) is 18.2. The highest BCUT2D eigenvalue weighted by atomic mass is 35.5. The SMILES string of the molecule is O=C(C1=CN(c2cccc(Cl)c2)c2cc(F)ccc2S1(=O)=O)N1CCCC1. The van der Waals surface area contributed by atoms with Crippen LogP contribution in [0.25, 0.3) is 0 Å². The molecule has 0 spiro atoms. The first-order chi connectivity index (χ1) is 12.9. The zero-order chi connectivity index (χ0) is 19.2. The summed E-state index contributed by atoms with van der Waals surface area (Å²) in [5.74, 6) is -1.10. The van der Waals surface area contributed by atoms with Gasteiger partial charge in [0.05, 0.1) is 10.6 Å². The molecule has 0 N–H and O–H groups in total. The third-order valence-electron chi connectivity index (χ3n) is 4.70. The van der Waals surface area contributed by atoms with E-state index >= 15 is 0 Å². The van der Waals surface area contributed by atoms with Gasteiger partial charge in [-0.25, -0.2) is 12.8 Å². The maximum atomic E-state index is 13.9. The second kappa shape index (κ2) is 6.65. The van der Waals surface area contributed by atoms with Crippen molar-refractivity contribution in [2.45, 2.75) is 17.7 Å². The van der Waals surface area contributed by atoms with Crippen molar-refractivity contribution in [2.75, 3.05) is 18.0 Å². The highest BCUT2D eigenvalue weighted by Crippen LogP contribution is 2.41. The fourth-order valence-corrected chi connectivity index (χ4v) is 5.07. The van der Waals surface area contributed by atoms with Crippen LogP contribution in [0.15, 0.2) is 58.5 Å². The zero-order valence-corrected chi connectivity index (χ0v) is 15.8. The lowest BCUT2D eigenvalue weighted by atomic mass is 10.2. The second-order valence-corrected chi connectivity index (χ2v) is 8.78. The maximum Gasteiger partial charge on any atom is 0.267 e. The third kappa shape index (κ3) is 3.11. The Labute approximate surface area is 161 Å². The van der Waals surface area contributed by atoms with Gasteiger partial charge in [0.25, 0.3) is 5.91 Å². The number of fused-ring (bicyclic) bond motifs is 1. The predicted octanol–water partition coefficient (Wildman–Crippen LogP) is 3.87. The number of nitrogens with zero attached hydrogens (tertiary/aromatic N) is 2. The Morgan fingerprint density at radius 2 is 1.81 bits per heavy atom. The van der Waals surface area contributed by atoms with E-state index in [9.17, 15) is 17.6 Å². The third-order valence-corrected chi connectivity index (χ3v) is 6.71. The minimum absolute atomic E-state index is 0.103. The van der Waals surface area contributed by atoms with E-state index in [0.717, 1.165) is 25.0 Å². The van der Waals surface area contributed by atoms with E-state index in [4.69, 9.17) is 11.6 Å². The molecule has 0 unspecified atom stereocenters. The fraction of sp³-hybridized carbons (Fsp3) is 0.211. The monoisotopic (exact) mass is 406 g/mol. The lowest BCUT2D eigenvalue weighted by Crippen LogP contribution is -2.35. The van der Waals surface area contributed by atoms with Crippen molar-refractivity contribution in [1.82, 2.24) is 4.90 Å². The van der Waals surface area contributed by atoms with Gasteiger partial charge in [0.15, 0.2) is 4.91 Å². The van der Waals surface area contributed by atoms with Crippen LogP contribution < -0.4 is 4.90 Å². The van der Waals surface area contributed by atoms with Crippen LogP contribution in [0.2, 0.25) is 5.02 Å². The number of sulfone groups is 1. The number of rotatable bonds is 2. The number of hydrogen-bond acceptors (Lipinski definition) is 4. The summed E-state index contributed by atoms with van der Waals surface area (Å²) in [5, 5.41) is 0.444. The van der Waals surface area contributed by atoms with Crippen LogP contribution in [-0.2, 0) is 14.6 Å². The van der Waals surface area contributed by atoms with Gasteiger partial charge in [-0.2, -0.15) is 0 Å². The van der Waals surface area contributed by atoms with Crippen LogP contribution in [0.4, 0.5) is 15.8 Å². The van der Waals surface area contributed by atoms with Crippen molar-refractivity contribution in [3.05, 3.63) is 64.4 Å². The summed E-state index contributed by atoms with van der Waals surface area (Å²) >= 11 is 6.07. The number of anilines is 2. The lowest BCUT2D eigenvalue weighted by molar-refractivity contribution is -0.125. The summed E-state index contributed by atoms with van der Waals surface area (Å²) in [6.07, 6.45) is 2.96. The van der Waals surface area contributed by atoms with Crippen molar-refractivity contribution in [1.29, 1.82) is 0 Å². The first-order valence-corrected chi connectivity index (χ1v) is 10.3. The molecule has 0 bridgehead atoms. The fourth-order valence-electron chi connectivity index (χ4n) is 3.37. The zero-order valence-electron chi connectivity index (χ0n) is 14.2. The molecule has 1 fully saturated rings. The molecule has 0 radical (unpaired) electrons. The summed E-state index contributed by atoms with van der Waals surface area (Å²) in [5.41, 5.74) is 0.686. The summed E-state index contributed by atoms with van der Waals surface area (Å²) in [6, 6.07) is 10.1. The van der Waals surface area contributed by atoms with Gasteiger partial charge in [-0.1, -0.05) is 17.7 Å². The molecule has 27 heavy (non-hydrogen) atoms. The van der Waals surface area contributed by atoms with Gasteiger partial charge in [-0.3, -0.25) is 4.79 Å². The van der Waals surface area contributed by atoms with Crippen molar-refractivity contribution >= 4 is 38.7 Å². The molecule has 4 rings (SSSR count). The minimum atomic E-state index is -4.06. The van der Waals surface area contributed by atoms with Crippen molar-refractivity contribution in [3.8, 4) is 0 Å². The van der Waals surface area contributed by atoms with Crippen LogP contribution in [-0.4, -0.2) is 32.3 Å². The Morgan fingerprint density at radius 1 is 1.07 bits per heavy atom. The van der Waals surface area contributed by atoms with E-state index < -0.39 is 21.6 Å². The number of halogens is 2. The van der Waals surface area contributed by atoms with E-state index in [0.29, 0.717) is 23.8 Å². The van der Waals surface area contributed by atoms with E-state index in [1.165, 1.54) is 22.1 Å². The highest BCUT2D eigenvalue weighted by Gasteiger charge is 2.38. The van der Waals surface area contributed by atoms with Gasteiger partial charge >= 0.3 is 0 Å². The van der Waals surface area contributed by atoms with Crippen LogP contribution in [0.3, 0.4) is 0 Å². The molecule has 0 atom stereocenters. The van der Waals surface area contributed by atoms with E-state index in [2.05, 4.69) is 0 Å². The van der Waals surface area contributed by atoms with Gasteiger partial charge in [0, 0.05) is 30.0 Å². The summed E-state index contributed by atoms with van der Waals surface area (Å²) in [6.45, 7) is 1.05. The average Bonchev–Trinajstić information content (AvgIpc) is 3.15. The predicted molar refractivity (Wildman–Crippen MR) is 101 cm³/mol. The van der Waals surface area contributed by atoms with Gasteiger partial charge in [-0.05, 0) is 49.2 Å². The number of likely N-dealkylation sites (tertiary alicyclic amines) is 1. The quantitative estimate of drug-likeness (QED) is 0.710. The van der Waals surface area contributed by atoms with Crippen LogP contribution in [0, 0.1) is 5.82 Å². The summed E-state index contributed by atoms with van der Waals surface area (Å²) < 4.78 is 40.0. The molecular formula is C19H16ClFN2O3S. The first-order valence-electron chi connectivity index (χ1n) is 8.48. The van der Waals surface area contributed by atoms with E-state index in [1.807, 2.05) is 0 Å². The molecule has 5 nitrogen and oxygen atoms in total. The minimum Gasteiger partial charge on any atom is -0.338 e.